The maximum atomic E-state index is 5.59. The normalized spacial score (nSPS) is 18.5. The zero-order chi connectivity index (χ0) is 17.2. The summed E-state index contributed by atoms with van der Waals surface area (Å²) >= 11 is 2.07. The molecule has 0 saturated carbocycles. The zero-order valence-electron chi connectivity index (χ0n) is 15.0. The Morgan fingerprint density at radius 1 is 1.33 bits per heavy atom. The Bertz CT molecular complexity index is 507. The smallest absolute Gasteiger partial charge is 0.193 e. The fourth-order valence-corrected chi connectivity index (χ4v) is 3.80. The van der Waals surface area contributed by atoms with E-state index in [0.717, 1.165) is 31.3 Å². The zero-order valence-corrected chi connectivity index (χ0v) is 15.8. The summed E-state index contributed by atoms with van der Waals surface area (Å²) in [6, 6.07) is 8.17. The van der Waals surface area contributed by atoms with Crippen molar-refractivity contribution in [3.63, 3.8) is 0 Å². The van der Waals surface area contributed by atoms with Gasteiger partial charge in [-0.05, 0) is 24.1 Å². The van der Waals surface area contributed by atoms with Gasteiger partial charge in [0.05, 0.1) is 6.61 Å². The van der Waals surface area contributed by atoms with Crippen LogP contribution in [0.2, 0.25) is 0 Å². The highest BCUT2D eigenvalue weighted by Crippen LogP contribution is 2.21. The Hall–Kier alpha value is -1.40. The number of thioether (sulfide) groups is 1. The molecule has 0 aliphatic carbocycles. The SMILES string of the molecule is CCC1CN(C(=NC)NCc2ccc(OCCOC)cc2)CCS1. The van der Waals surface area contributed by atoms with E-state index in [9.17, 15) is 0 Å². The third kappa shape index (κ3) is 5.91. The quantitative estimate of drug-likeness (QED) is 0.465. The molecular formula is C18H29N3O2S. The topological polar surface area (TPSA) is 46.1 Å². The van der Waals surface area contributed by atoms with Gasteiger partial charge in [-0.1, -0.05) is 19.1 Å². The van der Waals surface area contributed by atoms with E-state index in [1.54, 1.807) is 7.11 Å². The molecule has 1 aliphatic rings. The van der Waals surface area contributed by atoms with Crippen molar-refractivity contribution in [2.45, 2.75) is 25.1 Å². The lowest BCUT2D eigenvalue weighted by Gasteiger charge is -2.34. The summed E-state index contributed by atoms with van der Waals surface area (Å²) in [5.74, 6) is 3.04. The Morgan fingerprint density at radius 3 is 2.79 bits per heavy atom. The molecule has 1 atom stereocenters. The van der Waals surface area contributed by atoms with Crippen molar-refractivity contribution < 1.29 is 9.47 Å². The number of rotatable bonds is 7. The molecule has 1 unspecified atom stereocenters. The first-order valence-electron chi connectivity index (χ1n) is 8.54. The van der Waals surface area contributed by atoms with Crippen LogP contribution in [0.25, 0.3) is 0 Å². The second-order valence-electron chi connectivity index (χ2n) is 5.73. The number of nitrogens with one attached hydrogen (secondary N) is 1. The van der Waals surface area contributed by atoms with Gasteiger partial charge in [-0.15, -0.1) is 0 Å². The van der Waals surface area contributed by atoms with Crippen LogP contribution in [0.5, 0.6) is 5.75 Å². The third-order valence-electron chi connectivity index (χ3n) is 4.04. The Kier molecular flexibility index (Phi) is 8.25. The molecule has 1 aromatic carbocycles. The Morgan fingerprint density at radius 2 is 2.12 bits per heavy atom. The molecule has 6 heteroatoms. The van der Waals surface area contributed by atoms with Gasteiger partial charge in [0.15, 0.2) is 5.96 Å². The second kappa shape index (κ2) is 10.5. The number of methoxy groups -OCH3 is 1. The van der Waals surface area contributed by atoms with E-state index in [1.165, 1.54) is 17.7 Å². The summed E-state index contributed by atoms with van der Waals surface area (Å²) in [5, 5.41) is 4.19. The first-order valence-corrected chi connectivity index (χ1v) is 9.59. The van der Waals surface area contributed by atoms with Gasteiger partial charge in [0.2, 0.25) is 0 Å². The molecule has 1 fully saturated rings. The van der Waals surface area contributed by atoms with Gasteiger partial charge in [0.1, 0.15) is 12.4 Å². The van der Waals surface area contributed by atoms with Crippen molar-refractivity contribution in [1.82, 2.24) is 10.2 Å². The molecule has 1 saturated heterocycles. The molecule has 0 aromatic heterocycles. The maximum Gasteiger partial charge on any atom is 0.193 e. The molecule has 0 radical (unpaired) electrons. The van der Waals surface area contributed by atoms with Gasteiger partial charge in [-0.25, -0.2) is 0 Å². The summed E-state index contributed by atoms with van der Waals surface area (Å²) in [4.78, 5) is 6.81. The van der Waals surface area contributed by atoms with Gasteiger partial charge in [-0.2, -0.15) is 11.8 Å². The number of ether oxygens (including phenoxy) is 2. The van der Waals surface area contributed by atoms with Crippen molar-refractivity contribution >= 4 is 17.7 Å². The minimum atomic E-state index is 0.576. The lowest BCUT2D eigenvalue weighted by Crippen LogP contribution is -2.47. The number of hydrogen-bond acceptors (Lipinski definition) is 4. The van der Waals surface area contributed by atoms with Crippen LogP contribution in [0.4, 0.5) is 0 Å². The number of guanidine groups is 1. The van der Waals surface area contributed by atoms with Crippen LogP contribution in [0, 0.1) is 0 Å². The van der Waals surface area contributed by atoms with Crippen LogP contribution in [-0.2, 0) is 11.3 Å². The molecule has 0 bridgehead atoms. The highest BCUT2D eigenvalue weighted by atomic mass is 32.2. The summed E-state index contributed by atoms with van der Waals surface area (Å²) in [6.45, 7) is 6.35. The van der Waals surface area contributed by atoms with Crippen LogP contribution in [-0.4, -0.2) is 62.3 Å². The molecule has 0 amide bonds. The first-order chi connectivity index (χ1) is 11.8. The van der Waals surface area contributed by atoms with Crippen LogP contribution >= 0.6 is 11.8 Å². The molecule has 5 nitrogen and oxygen atoms in total. The Labute approximate surface area is 149 Å². The van der Waals surface area contributed by atoms with E-state index >= 15 is 0 Å². The number of benzene rings is 1. The van der Waals surface area contributed by atoms with Crippen LogP contribution in [0.3, 0.4) is 0 Å². The maximum absolute atomic E-state index is 5.59. The fraction of sp³-hybridized carbons (Fsp3) is 0.611. The van der Waals surface area contributed by atoms with E-state index in [1.807, 2.05) is 19.2 Å². The molecule has 134 valence electrons. The molecule has 2 rings (SSSR count). The monoisotopic (exact) mass is 351 g/mol. The molecule has 1 heterocycles. The Balaban J connectivity index is 1.82. The lowest BCUT2D eigenvalue weighted by atomic mass is 10.2. The second-order valence-corrected chi connectivity index (χ2v) is 7.14. The number of hydrogen-bond donors (Lipinski definition) is 1. The van der Waals surface area contributed by atoms with Gasteiger partial charge in [-0.3, -0.25) is 4.99 Å². The van der Waals surface area contributed by atoms with E-state index in [-0.39, 0.29) is 0 Å². The molecule has 24 heavy (non-hydrogen) atoms. The molecule has 1 aromatic rings. The van der Waals surface area contributed by atoms with E-state index in [2.05, 4.69) is 46.0 Å². The van der Waals surface area contributed by atoms with Crippen LogP contribution in [0.15, 0.2) is 29.3 Å². The van der Waals surface area contributed by atoms with Gasteiger partial charge in [0.25, 0.3) is 0 Å². The average Bonchev–Trinajstić information content (AvgIpc) is 2.64. The standard InChI is InChI=1S/C18H29N3O2S/c1-4-17-14-21(9-12-24-17)18(19-2)20-13-15-5-7-16(8-6-15)23-11-10-22-3/h5-8,17H,4,9-14H2,1-3H3,(H,19,20). The highest BCUT2D eigenvalue weighted by molar-refractivity contribution is 8.00. The first kappa shape index (κ1) is 18.9. The van der Waals surface area contributed by atoms with Crippen molar-refractivity contribution in [3.05, 3.63) is 29.8 Å². The molecular weight excluding hydrogens is 322 g/mol. The summed E-state index contributed by atoms with van der Waals surface area (Å²) < 4.78 is 10.6. The summed E-state index contributed by atoms with van der Waals surface area (Å²) in [5.41, 5.74) is 1.22. The van der Waals surface area contributed by atoms with Crippen LogP contribution < -0.4 is 10.1 Å². The molecule has 1 aliphatic heterocycles. The van der Waals surface area contributed by atoms with E-state index in [4.69, 9.17) is 9.47 Å². The van der Waals surface area contributed by atoms with Crippen molar-refractivity contribution in [2.75, 3.05) is 46.2 Å². The van der Waals surface area contributed by atoms with E-state index in [0.29, 0.717) is 18.5 Å². The van der Waals surface area contributed by atoms with Crippen molar-refractivity contribution in [1.29, 1.82) is 0 Å². The van der Waals surface area contributed by atoms with Crippen molar-refractivity contribution in [3.8, 4) is 5.75 Å². The predicted molar refractivity (Wildman–Crippen MR) is 102 cm³/mol. The third-order valence-corrected chi connectivity index (χ3v) is 5.41. The lowest BCUT2D eigenvalue weighted by molar-refractivity contribution is 0.146. The van der Waals surface area contributed by atoms with Crippen LogP contribution in [0.1, 0.15) is 18.9 Å². The molecule has 1 N–H and O–H groups in total. The van der Waals surface area contributed by atoms with Gasteiger partial charge < -0.3 is 19.7 Å². The minimum Gasteiger partial charge on any atom is -0.491 e. The highest BCUT2D eigenvalue weighted by Gasteiger charge is 2.21. The predicted octanol–water partition coefficient (Wildman–Crippen LogP) is 2.61. The summed E-state index contributed by atoms with van der Waals surface area (Å²) in [6.07, 6.45) is 1.21. The fourth-order valence-electron chi connectivity index (χ4n) is 2.62. The average molecular weight is 352 g/mol. The van der Waals surface area contributed by atoms with E-state index < -0.39 is 0 Å². The van der Waals surface area contributed by atoms with Gasteiger partial charge in [0, 0.05) is 44.8 Å². The van der Waals surface area contributed by atoms with Gasteiger partial charge >= 0.3 is 0 Å². The minimum absolute atomic E-state index is 0.576. The number of aliphatic imine (C=N–C) groups is 1. The largest absolute Gasteiger partial charge is 0.491 e. The number of nitrogens with zero attached hydrogens (tertiary/aromatic N) is 2. The summed E-state index contributed by atoms with van der Waals surface area (Å²) in [7, 11) is 3.53. The van der Waals surface area contributed by atoms with Crippen molar-refractivity contribution in [2.24, 2.45) is 4.99 Å². The molecule has 0 spiro atoms.